The lowest BCUT2D eigenvalue weighted by molar-refractivity contribution is -0.122. The summed E-state index contributed by atoms with van der Waals surface area (Å²) >= 11 is 0. The van der Waals surface area contributed by atoms with Gasteiger partial charge in [-0.2, -0.15) is 0 Å². The van der Waals surface area contributed by atoms with Crippen LogP contribution in [0, 0.1) is 5.92 Å². The van der Waals surface area contributed by atoms with Crippen molar-refractivity contribution in [3.63, 3.8) is 0 Å². The Labute approximate surface area is 153 Å². The second-order valence-corrected chi connectivity index (χ2v) is 7.10. The molecule has 0 bridgehead atoms. The number of aromatic nitrogens is 2. The van der Waals surface area contributed by atoms with Crippen LogP contribution in [0.15, 0.2) is 30.3 Å². The van der Waals surface area contributed by atoms with Crippen LogP contribution in [-0.4, -0.2) is 42.1 Å². The van der Waals surface area contributed by atoms with Crippen LogP contribution in [0.25, 0.3) is 11.4 Å². The van der Waals surface area contributed by atoms with Gasteiger partial charge in [0.05, 0.1) is 11.6 Å². The number of hydrogen-bond donors (Lipinski definition) is 2. The molecule has 2 aliphatic heterocycles. The first kappa shape index (κ1) is 17.0. The molecular formula is C20H25N5O. The van der Waals surface area contributed by atoms with Gasteiger partial charge in [-0.25, -0.2) is 9.97 Å². The Morgan fingerprint density at radius 3 is 2.77 bits per heavy atom. The van der Waals surface area contributed by atoms with Crippen molar-refractivity contribution in [3.8, 4) is 11.4 Å². The zero-order valence-electron chi connectivity index (χ0n) is 14.9. The molecule has 0 spiro atoms. The number of carbonyl (C=O) groups excluding carboxylic acids is 1. The van der Waals surface area contributed by atoms with Crippen molar-refractivity contribution in [2.24, 2.45) is 11.7 Å². The van der Waals surface area contributed by atoms with Gasteiger partial charge in [-0.1, -0.05) is 30.3 Å². The van der Waals surface area contributed by atoms with Gasteiger partial charge in [0.2, 0.25) is 5.91 Å². The van der Waals surface area contributed by atoms with E-state index in [4.69, 9.17) is 15.7 Å². The fraction of sp³-hybridized carbons (Fsp3) is 0.450. The lowest BCUT2D eigenvalue weighted by Gasteiger charge is -2.33. The average molecular weight is 351 g/mol. The first-order valence-electron chi connectivity index (χ1n) is 9.42. The van der Waals surface area contributed by atoms with Gasteiger partial charge in [0.15, 0.2) is 5.82 Å². The molecule has 1 aromatic heterocycles. The molecule has 1 saturated heterocycles. The number of anilines is 1. The van der Waals surface area contributed by atoms with Crippen molar-refractivity contribution in [1.29, 1.82) is 0 Å². The van der Waals surface area contributed by atoms with E-state index in [2.05, 4.69) is 10.2 Å². The Morgan fingerprint density at radius 2 is 1.96 bits per heavy atom. The fourth-order valence-corrected chi connectivity index (χ4v) is 3.90. The predicted octanol–water partition coefficient (Wildman–Crippen LogP) is 1.53. The molecule has 0 saturated carbocycles. The second-order valence-electron chi connectivity index (χ2n) is 7.10. The summed E-state index contributed by atoms with van der Waals surface area (Å²) in [4.78, 5) is 23.8. The molecule has 1 fully saturated rings. The fourth-order valence-electron chi connectivity index (χ4n) is 3.90. The number of rotatable bonds is 3. The van der Waals surface area contributed by atoms with Crippen molar-refractivity contribution in [2.75, 3.05) is 31.1 Å². The van der Waals surface area contributed by atoms with Crippen LogP contribution in [0.4, 0.5) is 5.82 Å². The number of fused-ring (bicyclic) bond motifs is 1. The molecule has 3 N–H and O–H groups in total. The Balaban J connectivity index is 1.77. The van der Waals surface area contributed by atoms with E-state index in [1.54, 1.807) is 0 Å². The lowest BCUT2D eigenvalue weighted by Crippen LogP contribution is -2.42. The molecule has 2 aliphatic rings. The standard InChI is InChI=1S/C20H25N5O/c21-18(26)15-7-4-12-25(13-15)20-16-8-10-22-11-9-17(16)23-19(24-20)14-5-2-1-3-6-14/h1-3,5-6,15,22H,4,7-13H2,(H2,21,26)/t15-/m1/s1. The summed E-state index contributed by atoms with van der Waals surface area (Å²) in [5.41, 5.74) is 8.96. The highest BCUT2D eigenvalue weighted by Gasteiger charge is 2.28. The minimum atomic E-state index is -0.209. The van der Waals surface area contributed by atoms with Gasteiger partial charge >= 0.3 is 0 Å². The minimum Gasteiger partial charge on any atom is -0.369 e. The zero-order chi connectivity index (χ0) is 17.9. The maximum atomic E-state index is 11.7. The smallest absolute Gasteiger partial charge is 0.222 e. The molecule has 4 rings (SSSR count). The van der Waals surface area contributed by atoms with Crippen LogP contribution in [-0.2, 0) is 17.6 Å². The number of nitrogens with two attached hydrogens (primary N) is 1. The number of nitrogens with zero attached hydrogens (tertiary/aromatic N) is 3. The van der Waals surface area contributed by atoms with Crippen LogP contribution in [0.1, 0.15) is 24.1 Å². The largest absolute Gasteiger partial charge is 0.369 e. The highest BCUT2D eigenvalue weighted by Crippen LogP contribution is 2.30. The van der Waals surface area contributed by atoms with Gasteiger partial charge in [0.25, 0.3) is 0 Å². The van der Waals surface area contributed by atoms with Gasteiger partial charge < -0.3 is 16.0 Å². The number of hydrogen-bond acceptors (Lipinski definition) is 5. The molecule has 6 nitrogen and oxygen atoms in total. The average Bonchev–Trinajstić information content (AvgIpc) is 2.93. The summed E-state index contributed by atoms with van der Waals surface area (Å²) < 4.78 is 0. The first-order valence-corrected chi connectivity index (χ1v) is 9.42. The Bertz CT molecular complexity index is 792. The molecule has 136 valence electrons. The van der Waals surface area contributed by atoms with Crippen LogP contribution >= 0.6 is 0 Å². The van der Waals surface area contributed by atoms with Gasteiger partial charge in [-0.05, 0) is 25.8 Å². The highest BCUT2D eigenvalue weighted by atomic mass is 16.1. The molecule has 1 aromatic carbocycles. The normalized spacial score (nSPS) is 20.3. The quantitative estimate of drug-likeness (QED) is 0.876. The molecule has 3 heterocycles. The third kappa shape index (κ3) is 3.42. The van der Waals surface area contributed by atoms with Crippen LogP contribution in [0.2, 0.25) is 0 Å². The molecule has 6 heteroatoms. The van der Waals surface area contributed by atoms with E-state index in [0.717, 1.165) is 68.2 Å². The van der Waals surface area contributed by atoms with Crippen LogP contribution in [0.3, 0.4) is 0 Å². The monoisotopic (exact) mass is 351 g/mol. The summed E-state index contributed by atoms with van der Waals surface area (Å²) in [7, 11) is 0. The summed E-state index contributed by atoms with van der Waals surface area (Å²) in [5.74, 6) is 1.45. The molecule has 0 aliphatic carbocycles. The Hall–Kier alpha value is -2.47. The third-order valence-electron chi connectivity index (χ3n) is 5.32. The van der Waals surface area contributed by atoms with Gasteiger partial charge in [0, 0.05) is 37.2 Å². The molecule has 26 heavy (non-hydrogen) atoms. The Kier molecular flexibility index (Phi) is 4.84. The lowest BCUT2D eigenvalue weighted by atomic mass is 9.96. The molecule has 0 radical (unpaired) electrons. The summed E-state index contributed by atoms with van der Waals surface area (Å²) in [6, 6.07) is 10.1. The molecule has 0 unspecified atom stereocenters. The number of amides is 1. The van der Waals surface area contributed by atoms with Crippen molar-refractivity contribution in [2.45, 2.75) is 25.7 Å². The first-order chi connectivity index (χ1) is 12.7. The summed E-state index contributed by atoms with van der Waals surface area (Å²) in [6.07, 6.45) is 3.65. The van der Waals surface area contributed by atoms with E-state index in [-0.39, 0.29) is 11.8 Å². The number of primary amides is 1. The van der Waals surface area contributed by atoms with Crippen molar-refractivity contribution in [1.82, 2.24) is 15.3 Å². The summed E-state index contributed by atoms with van der Waals surface area (Å²) in [5, 5.41) is 3.45. The van der Waals surface area contributed by atoms with Gasteiger partial charge in [-0.15, -0.1) is 0 Å². The van der Waals surface area contributed by atoms with E-state index in [0.29, 0.717) is 6.54 Å². The topological polar surface area (TPSA) is 84.1 Å². The van der Waals surface area contributed by atoms with E-state index < -0.39 is 0 Å². The third-order valence-corrected chi connectivity index (χ3v) is 5.32. The van der Waals surface area contributed by atoms with E-state index in [1.165, 1.54) is 5.56 Å². The maximum absolute atomic E-state index is 11.7. The van der Waals surface area contributed by atoms with Crippen LogP contribution < -0.4 is 16.0 Å². The van der Waals surface area contributed by atoms with Crippen molar-refractivity contribution in [3.05, 3.63) is 41.6 Å². The molecule has 2 aromatic rings. The summed E-state index contributed by atoms with van der Waals surface area (Å²) in [6.45, 7) is 3.43. The molecular weight excluding hydrogens is 326 g/mol. The zero-order valence-corrected chi connectivity index (χ0v) is 14.9. The van der Waals surface area contributed by atoms with Crippen molar-refractivity contribution < 1.29 is 4.79 Å². The SMILES string of the molecule is NC(=O)[C@@H]1CCCN(c2nc(-c3ccccc3)nc3c2CCNCC3)C1. The maximum Gasteiger partial charge on any atom is 0.222 e. The van der Waals surface area contributed by atoms with Gasteiger partial charge in [0.1, 0.15) is 5.82 Å². The number of carbonyl (C=O) groups is 1. The Morgan fingerprint density at radius 1 is 1.15 bits per heavy atom. The minimum absolute atomic E-state index is 0.0987. The number of piperidine rings is 1. The van der Waals surface area contributed by atoms with Gasteiger partial charge in [-0.3, -0.25) is 4.79 Å². The van der Waals surface area contributed by atoms with Crippen molar-refractivity contribution >= 4 is 11.7 Å². The second kappa shape index (κ2) is 7.41. The number of nitrogens with one attached hydrogen (secondary N) is 1. The van der Waals surface area contributed by atoms with E-state index in [9.17, 15) is 4.79 Å². The highest BCUT2D eigenvalue weighted by molar-refractivity contribution is 5.77. The van der Waals surface area contributed by atoms with Crippen LogP contribution in [0.5, 0.6) is 0 Å². The van der Waals surface area contributed by atoms with E-state index in [1.807, 2.05) is 30.3 Å². The number of benzene rings is 1. The van der Waals surface area contributed by atoms with E-state index >= 15 is 0 Å². The molecule has 1 amide bonds. The molecule has 1 atom stereocenters. The predicted molar refractivity (Wildman–Crippen MR) is 102 cm³/mol.